The number of carbonyl (C=O) groups is 1. The highest BCUT2D eigenvalue weighted by molar-refractivity contribution is 7.14. The van der Waals surface area contributed by atoms with Crippen LogP contribution >= 0.6 is 11.3 Å². The lowest BCUT2D eigenvalue weighted by atomic mass is 9.94. The fourth-order valence-electron chi connectivity index (χ4n) is 4.21. The number of likely N-dealkylation sites (N-methyl/N-ethyl adjacent to an activating group) is 1. The Hall–Kier alpha value is -3.75. The highest BCUT2D eigenvalue weighted by atomic mass is 32.1. The van der Waals surface area contributed by atoms with Crippen molar-refractivity contribution in [3.63, 3.8) is 0 Å². The van der Waals surface area contributed by atoms with Gasteiger partial charge in [-0.3, -0.25) is 9.69 Å². The van der Waals surface area contributed by atoms with Crippen LogP contribution in [0.1, 0.15) is 40.8 Å². The SMILES string of the molecule is COc1ccc(OCCN(C)C(=O)c2csc(Nc3cc([C@@H]4CCCN(CC#N)C4)nc(C)n3)n2)cc1. The zero-order valence-electron chi connectivity index (χ0n) is 21.3. The number of nitrogens with one attached hydrogen (secondary N) is 1. The number of carbonyl (C=O) groups excluding carboxylic acids is 1. The summed E-state index contributed by atoms with van der Waals surface area (Å²) in [5, 5.41) is 14.6. The van der Waals surface area contributed by atoms with Gasteiger partial charge in [-0.05, 0) is 50.6 Å². The average Bonchev–Trinajstić information content (AvgIpc) is 3.37. The van der Waals surface area contributed by atoms with Crippen LogP contribution in [0.5, 0.6) is 11.5 Å². The number of piperidine rings is 1. The highest BCUT2D eigenvalue weighted by Crippen LogP contribution is 2.28. The third kappa shape index (κ3) is 7.15. The fourth-order valence-corrected chi connectivity index (χ4v) is 4.90. The van der Waals surface area contributed by atoms with E-state index in [9.17, 15) is 4.79 Å². The largest absolute Gasteiger partial charge is 0.497 e. The van der Waals surface area contributed by atoms with Gasteiger partial charge in [0.15, 0.2) is 5.13 Å². The third-order valence-electron chi connectivity index (χ3n) is 6.14. The molecule has 1 saturated heterocycles. The first kappa shape index (κ1) is 26.3. The summed E-state index contributed by atoms with van der Waals surface area (Å²) < 4.78 is 10.9. The molecule has 4 rings (SSSR count). The van der Waals surface area contributed by atoms with Gasteiger partial charge in [0.25, 0.3) is 5.91 Å². The van der Waals surface area contributed by atoms with Crippen molar-refractivity contribution in [3.8, 4) is 17.6 Å². The Balaban J connectivity index is 1.33. The van der Waals surface area contributed by atoms with E-state index in [1.165, 1.54) is 11.3 Å². The quantitative estimate of drug-likeness (QED) is 0.397. The van der Waals surface area contributed by atoms with E-state index in [0.717, 1.165) is 37.4 Å². The van der Waals surface area contributed by atoms with Crippen molar-refractivity contribution in [2.45, 2.75) is 25.7 Å². The van der Waals surface area contributed by atoms with Gasteiger partial charge < -0.3 is 19.7 Å². The van der Waals surface area contributed by atoms with Gasteiger partial charge in [-0.1, -0.05) is 0 Å². The number of hydrogen-bond acceptors (Lipinski definition) is 10. The summed E-state index contributed by atoms with van der Waals surface area (Å²) in [6.45, 7) is 4.84. The topological polar surface area (TPSA) is 117 Å². The van der Waals surface area contributed by atoms with E-state index in [4.69, 9.17) is 14.7 Å². The summed E-state index contributed by atoms with van der Waals surface area (Å²) in [6, 6.07) is 11.5. The van der Waals surface area contributed by atoms with Crippen LogP contribution < -0.4 is 14.8 Å². The lowest BCUT2D eigenvalue weighted by Gasteiger charge is -2.30. The van der Waals surface area contributed by atoms with E-state index in [2.05, 4.69) is 31.2 Å². The normalized spacial score (nSPS) is 15.6. The van der Waals surface area contributed by atoms with Crippen molar-refractivity contribution in [2.75, 3.05) is 52.3 Å². The highest BCUT2D eigenvalue weighted by Gasteiger charge is 2.23. The zero-order valence-corrected chi connectivity index (χ0v) is 22.1. The maximum absolute atomic E-state index is 12.9. The number of thiazole rings is 1. The predicted molar refractivity (Wildman–Crippen MR) is 142 cm³/mol. The number of aryl methyl sites for hydroxylation is 1. The number of benzene rings is 1. The summed E-state index contributed by atoms with van der Waals surface area (Å²) in [7, 11) is 3.34. The van der Waals surface area contributed by atoms with Gasteiger partial charge in [0.2, 0.25) is 0 Å². The second-order valence-corrected chi connectivity index (χ2v) is 9.73. The summed E-state index contributed by atoms with van der Waals surface area (Å²) >= 11 is 1.35. The Morgan fingerprint density at radius 1 is 1.27 bits per heavy atom. The Kier molecular flexibility index (Phi) is 8.87. The van der Waals surface area contributed by atoms with Crippen molar-refractivity contribution in [1.82, 2.24) is 24.8 Å². The second kappa shape index (κ2) is 12.5. The van der Waals surface area contributed by atoms with E-state index < -0.39 is 0 Å². The molecule has 1 fully saturated rings. The van der Waals surface area contributed by atoms with Crippen LogP contribution in [0.25, 0.3) is 0 Å². The minimum Gasteiger partial charge on any atom is -0.497 e. The van der Waals surface area contributed by atoms with Gasteiger partial charge in [0.1, 0.15) is 35.4 Å². The van der Waals surface area contributed by atoms with E-state index in [1.807, 2.05) is 37.3 Å². The standard InChI is InChI=1S/C26H31N7O3S/c1-18-28-22(19-5-4-11-33(16-19)12-10-27)15-24(29-18)31-26-30-23(17-37-26)25(34)32(2)13-14-36-21-8-6-20(35-3)7-9-21/h6-9,15,17,19H,4-5,11-14,16H2,1-3H3,(H,28,29,30,31)/t19-/m1/s1. The number of amides is 1. The van der Waals surface area contributed by atoms with Gasteiger partial charge in [0, 0.05) is 31.0 Å². The molecule has 1 aromatic carbocycles. The minimum absolute atomic E-state index is 0.179. The molecule has 1 aliphatic heterocycles. The van der Waals surface area contributed by atoms with Gasteiger partial charge in [0.05, 0.1) is 32.0 Å². The monoisotopic (exact) mass is 521 g/mol. The first-order valence-corrected chi connectivity index (χ1v) is 13.0. The summed E-state index contributed by atoms with van der Waals surface area (Å²) in [5.74, 6) is 2.87. The predicted octanol–water partition coefficient (Wildman–Crippen LogP) is 3.85. The molecule has 194 valence electrons. The number of ether oxygens (including phenoxy) is 2. The van der Waals surface area contributed by atoms with E-state index >= 15 is 0 Å². The van der Waals surface area contributed by atoms with E-state index in [-0.39, 0.29) is 11.8 Å². The van der Waals surface area contributed by atoms with Crippen LogP contribution in [0.3, 0.4) is 0 Å². The van der Waals surface area contributed by atoms with Crippen LogP contribution in [0, 0.1) is 18.3 Å². The number of aromatic nitrogens is 3. The number of rotatable bonds is 10. The molecule has 1 amide bonds. The number of nitriles is 1. The summed E-state index contributed by atoms with van der Waals surface area (Å²) in [5.41, 5.74) is 1.33. The molecule has 1 N–H and O–H groups in total. The molecule has 37 heavy (non-hydrogen) atoms. The maximum Gasteiger partial charge on any atom is 0.273 e. The van der Waals surface area contributed by atoms with Gasteiger partial charge >= 0.3 is 0 Å². The van der Waals surface area contributed by atoms with Crippen molar-refractivity contribution >= 4 is 28.2 Å². The molecule has 1 aliphatic rings. The number of nitrogens with zero attached hydrogens (tertiary/aromatic N) is 6. The Labute approximate surface area is 220 Å². The van der Waals surface area contributed by atoms with Crippen molar-refractivity contribution < 1.29 is 14.3 Å². The number of anilines is 2. The summed E-state index contributed by atoms with van der Waals surface area (Å²) in [6.07, 6.45) is 2.07. The maximum atomic E-state index is 12.9. The molecular weight excluding hydrogens is 490 g/mol. The van der Waals surface area contributed by atoms with Crippen molar-refractivity contribution in [2.24, 2.45) is 0 Å². The fraction of sp³-hybridized carbons (Fsp3) is 0.423. The molecule has 0 spiro atoms. The lowest BCUT2D eigenvalue weighted by molar-refractivity contribution is 0.0769. The third-order valence-corrected chi connectivity index (χ3v) is 6.89. The molecule has 0 radical (unpaired) electrons. The van der Waals surface area contributed by atoms with Crippen LogP contribution in [-0.4, -0.2) is 77.6 Å². The molecule has 3 heterocycles. The first-order chi connectivity index (χ1) is 17.9. The van der Waals surface area contributed by atoms with Gasteiger partial charge in [-0.2, -0.15) is 5.26 Å². The first-order valence-electron chi connectivity index (χ1n) is 12.1. The van der Waals surface area contributed by atoms with Crippen LogP contribution in [0.2, 0.25) is 0 Å². The second-order valence-electron chi connectivity index (χ2n) is 8.87. The van der Waals surface area contributed by atoms with Gasteiger partial charge in [-0.25, -0.2) is 15.0 Å². The molecule has 2 aromatic heterocycles. The molecular formula is C26H31N7O3S. The molecule has 11 heteroatoms. The van der Waals surface area contributed by atoms with E-state index in [0.29, 0.717) is 47.9 Å². The smallest absolute Gasteiger partial charge is 0.273 e. The molecule has 0 aliphatic carbocycles. The Morgan fingerprint density at radius 3 is 2.81 bits per heavy atom. The van der Waals surface area contributed by atoms with Gasteiger partial charge in [-0.15, -0.1) is 11.3 Å². The molecule has 0 saturated carbocycles. The lowest BCUT2D eigenvalue weighted by Crippen LogP contribution is -2.35. The molecule has 0 unspecified atom stereocenters. The van der Waals surface area contributed by atoms with Crippen molar-refractivity contribution in [1.29, 1.82) is 5.26 Å². The Morgan fingerprint density at radius 2 is 2.05 bits per heavy atom. The number of hydrogen-bond donors (Lipinski definition) is 1. The van der Waals surface area contributed by atoms with Crippen LogP contribution in [-0.2, 0) is 0 Å². The number of methoxy groups -OCH3 is 1. The van der Waals surface area contributed by atoms with Crippen LogP contribution in [0.15, 0.2) is 35.7 Å². The van der Waals surface area contributed by atoms with Crippen molar-refractivity contribution in [3.05, 3.63) is 52.9 Å². The average molecular weight is 522 g/mol. The van der Waals surface area contributed by atoms with E-state index in [1.54, 1.807) is 24.4 Å². The molecule has 0 bridgehead atoms. The number of likely N-dealkylation sites (tertiary alicyclic amines) is 1. The molecule has 3 aromatic rings. The Bertz CT molecular complexity index is 1240. The van der Waals surface area contributed by atoms with Crippen LogP contribution in [0.4, 0.5) is 10.9 Å². The molecule has 10 nitrogen and oxygen atoms in total. The summed E-state index contributed by atoms with van der Waals surface area (Å²) in [4.78, 5) is 30.2. The minimum atomic E-state index is -0.179. The molecule has 1 atom stereocenters. The zero-order chi connectivity index (χ0) is 26.2.